The van der Waals surface area contributed by atoms with Crippen LogP contribution < -0.4 is 0 Å². The summed E-state index contributed by atoms with van der Waals surface area (Å²) in [5.74, 6) is 1.55. The summed E-state index contributed by atoms with van der Waals surface area (Å²) in [5.41, 5.74) is 3.87. The molecule has 0 fully saturated rings. The van der Waals surface area contributed by atoms with E-state index in [4.69, 9.17) is 11.2 Å². The number of ether oxygens (including phenoxy) is 1. The van der Waals surface area contributed by atoms with Crippen LogP contribution in [0.25, 0.3) is 0 Å². The number of esters is 1. The van der Waals surface area contributed by atoms with E-state index in [0.717, 1.165) is 5.38 Å². The molecule has 0 radical (unpaired) electrons. The van der Waals surface area contributed by atoms with Gasteiger partial charge in [-0.15, -0.1) is 0 Å². The first-order chi connectivity index (χ1) is 12.1. The molecule has 0 aliphatic rings. The van der Waals surface area contributed by atoms with Crippen LogP contribution in [-0.4, -0.2) is 40.6 Å². The topological polar surface area (TPSA) is 26.3 Å². The molecule has 0 aliphatic carbocycles. The quantitative estimate of drug-likeness (QED) is 0.0855. The van der Waals surface area contributed by atoms with Gasteiger partial charge in [-0.25, -0.2) is 0 Å². The summed E-state index contributed by atoms with van der Waals surface area (Å²) in [4.78, 5) is 11.9. The van der Waals surface area contributed by atoms with Crippen molar-refractivity contribution < 1.29 is 9.53 Å². The molecule has 0 saturated heterocycles. The number of carbonyl (C=O) groups is 1. The molecule has 2 nitrogen and oxygen atoms in total. The number of rotatable bonds is 10. The van der Waals surface area contributed by atoms with Crippen molar-refractivity contribution in [2.75, 3.05) is 0 Å². The van der Waals surface area contributed by atoms with Gasteiger partial charge in [-0.3, -0.25) is 0 Å². The van der Waals surface area contributed by atoms with E-state index in [1.807, 2.05) is 0 Å². The van der Waals surface area contributed by atoms with Crippen molar-refractivity contribution in [3.8, 4) is 12.3 Å². The number of carbonyl (C=O) groups excluding carboxylic acids is 1. The van der Waals surface area contributed by atoms with Crippen molar-refractivity contribution in [3.63, 3.8) is 0 Å². The Kier molecular flexibility index (Phi) is 10.9. The van der Waals surface area contributed by atoms with Crippen molar-refractivity contribution in [1.29, 1.82) is 0 Å². The Balaban J connectivity index is 7.12. The molecule has 148 valence electrons. The molecule has 0 aromatic rings. The van der Waals surface area contributed by atoms with Crippen molar-refractivity contribution in [3.05, 3.63) is 14.4 Å². The Morgan fingerprint density at radius 3 is 1.42 bits per heavy atom. The fraction of sp³-hybridized carbons (Fsp3) is 0.714. The molecule has 0 aliphatic heterocycles. The van der Waals surface area contributed by atoms with Gasteiger partial charge in [0.25, 0.3) is 0 Å². The Bertz CT molecular complexity index is 544. The van der Waals surface area contributed by atoms with Gasteiger partial charge in [0.05, 0.1) is 0 Å². The molecule has 5 heteroatoms. The molecule has 0 aromatic carbocycles. The van der Waals surface area contributed by atoms with Gasteiger partial charge in [-0.05, 0) is 0 Å². The molecular formula is C21H40Ge2O2Si. The third kappa shape index (κ3) is 5.92. The average Bonchev–Trinajstić information content (AvgIpc) is 2.63. The van der Waals surface area contributed by atoms with Crippen LogP contribution in [0.2, 0.25) is 51.2 Å². The Morgan fingerprint density at radius 2 is 1.19 bits per heavy atom. The molecule has 0 N–H and O–H groups in total. The molecule has 0 amide bonds. The predicted octanol–water partition coefficient (Wildman–Crippen LogP) is 6.54. The SMILES string of the molecule is C#CC(=O)OC(=C=[C]([Ge]([CH2]C)([CH2]C)[CH2]C)[Ge]([CH2]C)([CH2]C)[CH2]C)[Si](C)(C)C. The van der Waals surface area contributed by atoms with Crippen LogP contribution in [0.3, 0.4) is 0 Å². The molecule has 0 heterocycles. The summed E-state index contributed by atoms with van der Waals surface area (Å²) in [6, 6.07) is 0. The second kappa shape index (κ2) is 11.0. The van der Waals surface area contributed by atoms with E-state index in [0.29, 0.717) is 0 Å². The van der Waals surface area contributed by atoms with Crippen LogP contribution in [0.1, 0.15) is 41.5 Å². The van der Waals surface area contributed by atoms with E-state index in [9.17, 15) is 4.79 Å². The Hall–Kier alpha value is -0.147. The Morgan fingerprint density at radius 1 is 0.846 bits per heavy atom. The van der Waals surface area contributed by atoms with E-state index < -0.39 is 40.6 Å². The second-order valence-electron chi connectivity index (χ2n) is 8.29. The standard InChI is InChI=1S/C21H40Ge2O2Si/c1-11-20(24)25-21(26(8,9)10)18-19(22(12-2,13-3)14-4)23(15-5,16-6)17-7/h1H,12-17H2,2-10H3. The van der Waals surface area contributed by atoms with Crippen LogP contribution in [0.4, 0.5) is 0 Å². The zero-order valence-corrected chi connectivity index (χ0v) is 23.8. The van der Waals surface area contributed by atoms with Crippen molar-refractivity contribution in [2.24, 2.45) is 0 Å². The van der Waals surface area contributed by atoms with Gasteiger partial charge in [-0.2, -0.15) is 0 Å². The molecule has 0 rings (SSSR count). The van der Waals surface area contributed by atoms with Crippen molar-refractivity contribution in [1.82, 2.24) is 0 Å². The monoisotopic (exact) mass is 500 g/mol. The zero-order chi connectivity index (χ0) is 20.6. The molecule has 0 unspecified atom stereocenters. The van der Waals surface area contributed by atoms with E-state index in [-0.39, 0.29) is 0 Å². The van der Waals surface area contributed by atoms with Gasteiger partial charge in [0.15, 0.2) is 0 Å². The van der Waals surface area contributed by atoms with Crippen LogP contribution >= 0.6 is 0 Å². The maximum absolute atomic E-state index is 11.9. The van der Waals surface area contributed by atoms with Crippen molar-refractivity contribution in [2.45, 2.75) is 92.7 Å². The first-order valence-corrected chi connectivity index (χ1v) is 24.8. The molecular weight excluding hydrogens is 458 g/mol. The van der Waals surface area contributed by atoms with Crippen LogP contribution in [-0.2, 0) is 9.53 Å². The van der Waals surface area contributed by atoms with Crippen LogP contribution in [0, 0.1) is 12.3 Å². The van der Waals surface area contributed by atoms with E-state index in [1.54, 1.807) is 3.24 Å². The van der Waals surface area contributed by atoms with Gasteiger partial charge in [0, 0.05) is 0 Å². The number of hydrogen-bond donors (Lipinski definition) is 0. The Labute approximate surface area is 169 Å². The van der Waals surface area contributed by atoms with Gasteiger partial charge >= 0.3 is 170 Å². The van der Waals surface area contributed by atoms with Crippen LogP contribution in [0.5, 0.6) is 0 Å². The number of hydrogen-bond acceptors (Lipinski definition) is 2. The molecule has 0 bridgehead atoms. The van der Waals surface area contributed by atoms with Crippen LogP contribution in [0.15, 0.2) is 14.4 Å². The summed E-state index contributed by atoms with van der Waals surface area (Å²) in [5, 5.41) is 8.56. The first-order valence-electron chi connectivity index (χ1n) is 10.3. The molecule has 0 aromatic heterocycles. The van der Waals surface area contributed by atoms with Gasteiger partial charge in [0.1, 0.15) is 0 Å². The third-order valence-corrected chi connectivity index (χ3v) is 41.5. The summed E-state index contributed by atoms with van der Waals surface area (Å²) in [7, 11) is -1.86. The van der Waals surface area contributed by atoms with Crippen molar-refractivity contribution >= 4 is 40.6 Å². The molecule has 0 atom stereocenters. The fourth-order valence-electron chi connectivity index (χ4n) is 3.99. The summed E-state index contributed by atoms with van der Waals surface area (Å²) in [6.07, 6.45) is 5.29. The minimum atomic E-state index is -2.22. The molecule has 0 spiro atoms. The van der Waals surface area contributed by atoms with E-state index >= 15 is 0 Å². The van der Waals surface area contributed by atoms with Gasteiger partial charge in [-0.1, -0.05) is 0 Å². The van der Waals surface area contributed by atoms with Gasteiger partial charge in [0.2, 0.25) is 0 Å². The minimum absolute atomic E-state index is 0.570. The fourth-order valence-corrected chi connectivity index (χ4v) is 43.9. The zero-order valence-electron chi connectivity index (χ0n) is 18.6. The third-order valence-electron chi connectivity index (χ3n) is 6.35. The summed E-state index contributed by atoms with van der Waals surface area (Å²) >= 11 is -4.44. The first kappa shape index (κ1) is 25.9. The predicted molar refractivity (Wildman–Crippen MR) is 123 cm³/mol. The maximum atomic E-state index is 11.9. The number of terminal acetylenes is 1. The summed E-state index contributed by atoms with van der Waals surface area (Å²) < 4.78 is 7.40. The van der Waals surface area contributed by atoms with E-state index in [1.165, 1.54) is 31.5 Å². The van der Waals surface area contributed by atoms with E-state index in [2.05, 4.69) is 72.8 Å². The normalized spacial score (nSPS) is 12.2. The molecule has 26 heavy (non-hydrogen) atoms. The molecule has 0 saturated carbocycles. The average molecular weight is 498 g/mol. The van der Waals surface area contributed by atoms with Gasteiger partial charge < -0.3 is 0 Å². The second-order valence-corrected chi connectivity index (χ2v) is 37.2. The summed E-state index contributed by atoms with van der Waals surface area (Å²) in [6.45, 7) is 20.9.